The van der Waals surface area contributed by atoms with Gasteiger partial charge in [-0.25, -0.2) is 4.68 Å². The monoisotopic (exact) mass is 379 g/mol. The Morgan fingerprint density at radius 3 is 2.70 bits per heavy atom. The second kappa shape index (κ2) is 6.85. The van der Waals surface area contributed by atoms with Crippen molar-refractivity contribution in [3.8, 4) is 34.2 Å². The molecule has 0 bridgehead atoms. The van der Waals surface area contributed by atoms with Crippen molar-refractivity contribution in [2.75, 3.05) is 6.61 Å². The van der Waals surface area contributed by atoms with Gasteiger partial charge in [0.2, 0.25) is 0 Å². The summed E-state index contributed by atoms with van der Waals surface area (Å²) in [6, 6.07) is 16.1. The molecule has 1 heterocycles. The molecular weight excluding hydrogens is 362 g/mol. The van der Waals surface area contributed by atoms with Crippen molar-refractivity contribution in [2.24, 2.45) is 0 Å². The molecule has 7 heteroatoms. The van der Waals surface area contributed by atoms with Crippen LogP contribution in [-0.2, 0) is 0 Å². The summed E-state index contributed by atoms with van der Waals surface area (Å²) in [4.78, 5) is 0. The summed E-state index contributed by atoms with van der Waals surface area (Å²) in [5.41, 5.74) is 1.89. The molecule has 0 saturated heterocycles. The maximum absolute atomic E-state index is 10.3. The summed E-state index contributed by atoms with van der Waals surface area (Å²) in [5.74, 6) is 0.630. The zero-order chi connectivity index (χ0) is 19.0. The summed E-state index contributed by atoms with van der Waals surface area (Å²) in [6.07, 6.45) is 0. The second-order valence-corrected chi connectivity index (χ2v) is 6.39. The van der Waals surface area contributed by atoms with Crippen molar-refractivity contribution in [1.82, 2.24) is 15.0 Å². The lowest BCUT2D eigenvalue weighted by atomic mass is 10.0. The molecule has 0 aliphatic heterocycles. The van der Waals surface area contributed by atoms with Gasteiger partial charge in [0.15, 0.2) is 0 Å². The van der Waals surface area contributed by atoms with Gasteiger partial charge in [-0.1, -0.05) is 29.5 Å². The number of thiol groups is 1. The highest BCUT2D eigenvalue weighted by atomic mass is 32.1. The first-order valence-electron chi connectivity index (χ1n) is 8.41. The predicted molar refractivity (Wildman–Crippen MR) is 106 cm³/mol. The van der Waals surface area contributed by atoms with Crippen molar-refractivity contribution in [2.45, 2.75) is 11.9 Å². The number of aromatic hydroxyl groups is 2. The van der Waals surface area contributed by atoms with E-state index in [1.165, 1.54) is 16.8 Å². The summed E-state index contributed by atoms with van der Waals surface area (Å²) >= 11 is 4.47. The van der Waals surface area contributed by atoms with Gasteiger partial charge in [0, 0.05) is 11.6 Å². The Bertz CT molecular complexity index is 1140. The van der Waals surface area contributed by atoms with Crippen LogP contribution in [0.15, 0.2) is 59.6 Å². The highest BCUT2D eigenvalue weighted by molar-refractivity contribution is 7.80. The molecule has 4 rings (SSSR count). The smallest absolute Gasteiger partial charge is 0.145 e. The topological polar surface area (TPSA) is 80.4 Å². The molecule has 0 aliphatic rings. The van der Waals surface area contributed by atoms with E-state index >= 15 is 0 Å². The zero-order valence-electron chi connectivity index (χ0n) is 14.5. The van der Waals surface area contributed by atoms with Gasteiger partial charge in [-0.05, 0) is 42.0 Å². The van der Waals surface area contributed by atoms with Gasteiger partial charge in [0.05, 0.1) is 6.61 Å². The minimum atomic E-state index is -0.107. The number of hydrogen-bond donors (Lipinski definition) is 3. The number of fused-ring (bicyclic) bond motifs is 1. The molecule has 6 nitrogen and oxygen atoms in total. The van der Waals surface area contributed by atoms with Crippen LogP contribution in [0.1, 0.15) is 6.92 Å². The average Bonchev–Trinajstić information content (AvgIpc) is 3.02. The summed E-state index contributed by atoms with van der Waals surface area (Å²) in [6.45, 7) is 2.51. The van der Waals surface area contributed by atoms with E-state index in [2.05, 4.69) is 22.9 Å². The fourth-order valence-electron chi connectivity index (χ4n) is 3.08. The number of benzene rings is 3. The first kappa shape index (κ1) is 17.2. The minimum Gasteiger partial charge on any atom is -0.508 e. The van der Waals surface area contributed by atoms with E-state index in [1.807, 2.05) is 43.3 Å². The van der Waals surface area contributed by atoms with Gasteiger partial charge in [0.1, 0.15) is 33.7 Å². The van der Waals surface area contributed by atoms with Crippen molar-refractivity contribution in [1.29, 1.82) is 0 Å². The Hall–Kier alpha value is -3.19. The van der Waals surface area contributed by atoms with E-state index in [4.69, 9.17) is 4.74 Å². The molecule has 136 valence electrons. The highest BCUT2D eigenvalue weighted by Gasteiger charge is 2.19. The normalized spacial score (nSPS) is 11.0. The standard InChI is InChI=1S/C20H17N3O3S/c1-2-26-14-8-6-12-4-3-5-15(16(12)11-14)19-20(27)21-22-23(19)17-9-7-13(24)10-18(17)25/h3-11,24-25,27H,2H2,1H3. The lowest BCUT2D eigenvalue weighted by molar-refractivity contribution is 0.341. The van der Waals surface area contributed by atoms with Crippen LogP contribution in [0, 0.1) is 0 Å². The van der Waals surface area contributed by atoms with Crippen LogP contribution in [0.4, 0.5) is 0 Å². The first-order chi connectivity index (χ1) is 13.1. The minimum absolute atomic E-state index is 0.0319. The lowest BCUT2D eigenvalue weighted by Gasteiger charge is -2.12. The van der Waals surface area contributed by atoms with Crippen molar-refractivity contribution < 1.29 is 14.9 Å². The van der Waals surface area contributed by atoms with Crippen molar-refractivity contribution >= 4 is 23.4 Å². The third-order valence-electron chi connectivity index (χ3n) is 4.26. The molecule has 2 N–H and O–H groups in total. The quantitative estimate of drug-likeness (QED) is 0.464. The van der Waals surface area contributed by atoms with Gasteiger partial charge in [-0.3, -0.25) is 0 Å². The van der Waals surface area contributed by atoms with Crippen LogP contribution in [-0.4, -0.2) is 31.8 Å². The van der Waals surface area contributed by atoms with Gasteiger partial charge in [0.25, 0.3) is 0 Å². The molecule has 27 heavy (non-hydrogen) atoms. The average molecular weight is 379 g/mol. The summed E-state index contributed by atoms with van der Waals surface area (Å²) in [5, 5.41) is 30.4. The highest BCUT2D eigenvalue weighted by Crippen LogP contribution is 2.37. The molecule has 0 spiro atoms. The number of nitrogens with zero attached hydrogens (tertiary/aromatic N) is 3. The molecule has 0 unspecified atom stereocenters. The summed E-state index contributed by atoms with van der Waals surface area (Å²) < 4.78 is 7.15. The van der Waals surface area contributed by atoms with Crippen LogP contribution in [0.25, 0.3) is 27.7 Å². The van der Waals surface area contributed by atoms with Crippen LogP contribution in [0.3, 0.4) is 0 Å². The third-order valence-corrected chi connectivity index (χ3v) is 4.56. The number of aromatic nitrogens is 3. The van der Waals surface area contributed by atoms with Gasteiger partial charge in [-0.2, -0.15) is 0 Å². The van der Waals surface area contributed by atoms with Crippen molar-refractivity contribution in [3.63, 3.8) is 0 Å². The molecule has 0 atom stereocenters. The SMILES string of the molecule is CCOc1ccc2cccc(-c3c(S)nnn3-c3ccc(O)cc3O)c2c1. The van der Waals surface area contributed by atoms with Crippen molar-refractivity contribution in [3.05, 3.63) is 54.6 Å². The molecule has 3 aromatic carbocycles. The van der Waals surface area contributed by atoms with Crippen LogP contribution < -0.4 is 4.74 Å². The zero-order valence-corrected chi connectivity index (χ0v) is 15.4. The third kappa shape index (κ3) is 3.06. The molecule has 0 fully saturated rings. The van der Waals surface area contributed by atoms with Crippen LogP contribution in [0.5, 0.6) is 17.2 Å². The van der Waals surface area contributed by atoms with Gasteiger partial charge in [-0.15, -0.1) is 17.7 Å². The fraction of sp³-hybridized carbons (Fsp3) is 0.100. The van der Waals surface area contributed by atoms with E-state index in [9.17, 15) is 10.2 Å². The number of ether oxygens (including phenoxy) is 1. The van der Waals surface area contributed by atoms with E-state index in [0.717, 1.165) is 22.1 Å². The maximum atomic E-state index is 10.3. The Balaban J connectivity index is 1.97. The molecule has 1 aromatic heterocycles. The number of phenolic OH excluding ortho intramolecular Hbond substituents is 2. The lowest BCUT2D eigenvalue weighted by Crippen LogP contribution is -2.00. The van der Waals surface area contributed by atoms with Gasteiger partial charge < -0.3 is 14.9 Å². The Morgan fingerprint density at radius 1 is 1.07 bits per heavy atom. The molecule has 0 aliphatic carbocycles. The molecular formula is C20H17N3O3S. The second-order valence-electron chi connectivity index (χ2n) is 5.97. The van der Waals surface area contributed by atoms with E-state index in [1.54, 1.807) is 6.07 Å². The predicted octanol–water partition coefficient (Wildman–Crippen LogP) is 4.19. The largest absolute Gasteiger partial charge is 0.508 e. The number of hydrogen-bond acceptors (Lipinski definition) is 6. The Labute approximate surface area is 161 Å². The Morgan fingerprint density at radius 2 is 1.93 bits per heavy atom. The number of rotatable bonds is 4. The molecule has 0 radical (unpaired) electrons. The van der Waals surface area contributed by atoms with E-state index in [-0.39, 0.29) is 11.5 Å². The summed E-state index contributed by atoms with van der Waals surface area (Å²) in [7, 11) is 0. The van der Waals surface area contributed by atoms with E-state index < -0.39 is 0 Å². The van der Waals surface area contributed by atoms with Gasteiger partial charge >= 0.3 is 0 Å². The van der Waals surface area contributed by atoms with E-state index in [0.29, 0.717) is 23.0 Å². The molecule has 0 amide bonds. The first-order valence-corrected chi connectivity index (χ1v) is 8.86. The van der Waals surface area contributed by atoms with Crippen LogP contribution in [0.2, 0.25) is 0 Å². The Kier molecular flexibility index (Phi) is 4.37. The molecule has 0 saturated carbocycles. The fourth-order valence-corrected chi connectivity index (χ4v) is 3.34. The van der Waals surface area contributed by atoms with Crippen LogP contribution >= 0.6 is 12.6 Å². The number of phenols is 2. The molecule has 4 aromatic rings. The maximum Gasteiger partial charge on any atom is 0.145 e.